The molecule has 98 valence electrons. The lowest BCUT2D eigenvalue weighted by molar-refractivity contribution is -0.160. The van der Waals surface area contributed by atoms with Crippen molar-refractivity contribution >= 4 is 11.9 Å². The van der Waals surface area contributed by atoms with Gasteiger partial charge in [-0.1, -0.05) is 0 Å². The summed E-state index contributed by atoms with van der Waals surface area (Å²) in [6.45, 7) is 3.73. The number of hydrogen-bond acceptors (Lipinski definition) is 5. The van der Waals surface area contributed by atoms with E-state index in [0.717, 1.165) is 0 Å². The molecular weight excluding hydrogens is 240 g/mol. The predicted molar refractivity (Wildman–Crippen MR) is 59.1 cm³/mol. The minimum absolute atomic E-state index is 0.0187. The molecule has 1 N–H and O–H groups in total. The molecule has 1 aliphatic rings. The van der Waals surface area contributed by atoms with Gasteiger partial charge in [0.2, 0.25) is 0 Å². The number of hydrogen-bond donors (Lipinski definition) is 1. The molecule has 0 radical (unpaired) electrons. The molecule has 0 aromatic carbocycles. The van der Waals surface area contributed by atoms with Gasteiger partial charge < -0.3 is 19.2 Å². The van der Waals surface area contributed by atoms with Crippen LogP contribution in [0.5, 0.6) is 0 Å². The van der Waals surface area contributed by atoms with Crippen molar-refractivity contribution in [3.8, 4) is 0 Å². The summed E-state index contributed by atoms with van der Waals surface area (Å²) >= 11 is 0. The Balaban J connectivity index is 2.15. The van der Waals surface area contributed by atoms with Gasteiger partial charge in [-0.15, -0.1) is 0 Å². The summed E-state index contributed by atoms with van der Waals surface area (Å²) in [5.74, 6) is -0.982. The quantitative estimate of drug-likeness (QED) is 0.815. The minimum atomic E-state index is -1.07. The number of aromatic nitrogens is 1. The van der Waals surface area contributed by atoms with Crippen LogP contribution in [0.4, 0.5) is 0 Å². The average Bonchev–Trinajstić information content (AvgIpc) is 2.73. The van der Waals surface area contributed by atoms with Gasteiger partial charge in [-0.05, 0) is 13.8 Å². The highest BCUT2D eigenvalue weighted by Gasteiger charge is 2.34. The number of amides is 1. The van der Waals surface area contributed by atoms with Gasteiger partial charge in [0, 0.05) is 6.54 Å². The van der Waals surface area contributed by atoms with Crippen molar-refractivity contribution < 1.29 is 23.8 Å². The van der Waals surface area contributed by atoms with Crippen LogP contribution in [0.25, 0.3) is 0 Å². The summed E-state index contributed by atoms with van der Waals surface area (Å²) in [4.78, 5) is 28.3. The van der Waals surface area contributed by atoms with Crippen molar-refractivity contribution in [1.29, 1.82) is 0 Å². The third-order valence-electron chi connectivity index (χ3n) is 2.77. The van der Waals surface area contributed by atoms with Crippen molar-refractivity contribution in [1.82, 2.24) is 9.88 Å². The van der Waals surface area contributed by atoms with Crippen LogP contribution in [0.1, 0.15) is 23.2 Å². The van der Waals surface area contributed by atoms with E-state index in [4.69, 9.17) is 14.3 Å². The highest BCUT2D eigenvalue weighted by molar-refractivity contribution is 5.93. The van der Waals surface area contributed by atoms with Crippen molar-refractivity contribution in [2.45, 2.75) is 26.1 Å². The molecule has 2 heterocycles. The number of carbonyl (C=O) groups excluding carboxylic acids is 1. The van der Waals surface area contributed by atoms with E-state index < -0.39 is 12.1 Å². The second kappa shape index (κ2) is 4.77. The highest BCUT2D eigenvalue weighted by Crippen LogP contribution is 2.15. The largest absolute Gasteiger partial charge is 0.479 e. The first-order valence-corrected chi connectivity index (χ1v) is 5.56. The Bertz CT molecular complexity index is 470. The second-order valence-corrected chi connectivity index (χ2v) is 4.24. The Morgan fingerprint density at radius 1 is 1.50 bits per heavy atom. The van der Waals surface area contributed by atoms with Gasteiger partial charge in [0.15, 0.2) is 18.2 Å². The van der Waals surface area contributed by atoms with Crippen LogP contribution >= 0.6 is 0 Å². The molecule has 1 unspecified atom stereocenters. The average molecular weight is 254 g/mol. The summed E-state index contributed by atoms with van der Waals surface area (Å²) in [5, 5.41) is 8.94. The molecule has 0 aliphatic carbocycles. The van der Waals surface area contributed by atoms with Crippen LogP contribution in [-0.2, 0) is 9.53 Å². The van der Waals surface area contributed by atoms with Gasteiger partial charge in [0.05, 0.1) is 12.6 Å². The molecule has 7 heteroatoms. The number of nitrogens with zero attached hydrogens (tertiary/aromatic N) is 2. The molecule has 18 heavy (non-hydrogen) atoms. The third kappa shape index (κ3) is 2.35. The first-order chi connectivity index (χ1) is 8.49. The summed E-state index contributed by atoms with van der Waals surface area (Å²) < 4.78 is 10.2. The lowest BCUT2D eigenvalue weighted by Crippen LogP contribution is -2.51. The SMILES string of the molecule is Cc1ocnc1C(=O)N1CC(C(=O)O)O[C@H](C)C1. The van der Waals surface area contributed by atoms with Crippen molar-refractivity contribution in [2.24, 2.45) is 0 Å². The third-order valence-corrected chi connectivity index (χ3v) is 2.77. The van der Waals surface area contributed by atoms with Crippen molar-refractivity contribution in [3.63, 3.8) is 0 Å². The lowest BCUT2D eigenvalue weighted by atomic mass is 10.2. The maximum Gasteiger partial charge on any atom is 0.334 e. The first kappa shape index (κ1) is 12.6. The number of carboxylic acid groups (broad SMARTS) is 1. The van der Waals surface area contributed by atoms with Crippen molar-refractivity contribution in [3.05, 3.63) is 17.8 Å². The molecule has 0 bridgehead atoms. The molecule has 2 atom stereocenters. The summed E-state index contributed by atoms with van der Waals surface area (Å²) in [6, 6.07) is 0. The van der Waals surface area contributed by atoms with Gasteiger partial charge >= 0.3 is 5.97 Å². The fourth-order valence-corrected chi connectivity index (χ4v) is 1.91. The summed E-state index contributed by atoms with van der Waals surface area (Å²) in [6.07, 6.45) is -0.123. The zero-order valence-corrected chi connectivity index (χ0v) is 10.1. The normalized spacial score (nSPS) is 24.0. The van der Waals surface area contributed by atoms with Crippen LogP contribution in [0, 0.1) is 6.92 Å². The molecule has 7 nitrogen and oxygen atoms in total. The van der Waals surface area contributed by atoms with Gasteiger partial charge in [-0.25, -0.2) is 9.78 Å². The summed E-state index contributed by atoms with van der Waals surface area (Å²) in [5.41, 5.74) is 0.216. The van der Waals surface area contributed by atoms with Crippen LogP contribution in [0.15, 0.2) is 10.8 Å². The highest BCUT2D eigenvalue weighted by atomic mass is 16.5. The van der Waals surface area contributed by atoms with Crippen LogP contribution in [0.2, 0.25) is 0 Å². The van der Waals surface area contributed by atoms with E-state index >= 15 is 0 Å². The maximum atomic E-state index is 12.2. The molecule has 1 amide bonds. The Morgan fingerprint density at radius 2 is 2.22 bits per heavy atom. The van der Waals surface area contributed by atoms with Gasteiger partial charge in [-0.3, -0.25) is 4.79 Å². The number of rotatable bonds is 2. The van der Waals surface area contributed by atoms with E-state index in [1.807, 2.05) is 0 Å². The molecule has 2 rings (SSSR count). The number of carboxylic acids is 1. The lowest BCUT2D eigenvalue weighted by Gasteiger charge is -2.34. The monoisotopic (exact) mass is 254 g/mol. The standard InChI is InChI=1S/C11H14N2O5/c1-6-3-13(4-8(18-6)11(15)16)10(14)9-7(2)17-5-12-9/h5-6,8H,3-4H2,1-2H3,(H,15,16)/t6-,8?/m1/s1. The Hall–Kier alpha value is -1.89. The van der Waals surface area contributed by atoms with Gasteiger partial charge in [0.1, 0.15) is 5.76 Å². The molecule has 1 fully saturated rings. The van der Waals surface area contributed by atoms with Crippen LogP contribution in [-0.4, -0.2) is 52.2 Å². The molecule has 1 saturated heterocycles. The molecule has 0 spiro atoms. The Morgan fingerprint density at radius 3 is 2.78 bits per heavy atom. The van der Waals surface area contributed by atoms with Gasteiger partial charge in [0.25, 0.3) is 5.91 Å². The molecule has 0 saturated carbocycles. The van der Waals surface area contributed by atoms with E-state index in [1.54, 1.807) is 13.8 Å². The topological polar surface area (TPSA) is 92.9 Å². The second-order valence-electron chi connectivity index (χ2n) is 4.24. The number of morpholine rings is 1. The molecule has 1 aromatic heterocycles. The number of aryl methyl sites for hydroxylation is 1. The number of ether oxygens (including phenoxy) is 1. The van der Waals surface area contributed by atoms with Crippen molar-refractivity contribution in [2.75, 3.05) is 13.1 Å². The smallest absolute Gasteiger partial charge is 0.334 e. The van der Waals surface area contributed by atoms with E-state index in [0.29, 0.717) is 12.3 Å². The minimum Gasteiger partial charge on any atom is -0.479 e. The fourth-order valence-electron chi connectivity index (χ4n) is 1.91. The first-order valence-electron chi connectivity index (χ1n) is 5.56. The summed E-state index contributed by atoms with van der Waals surface area (Å²) in [7, 11) is 0. The van der Waals surface area contributed by atoms with Crippen LogP contribution < -0.4 is 0 Å². The zero-order valence-electron chi connectivity index (χ0n) is 10.1. The number of aliphatic carboxylic acids is 1. The number of carbonyl (C=O) groups is 2. The molecule has 1 aliphatic heterocycles. The molecular formula is C11H14N2O5. The predicted octanol–water partition coefficient (Wildman–Crippen LogP) is 0.297. The Kier molecular flexibility index (Phi) is 3.33. The van der Waals surface area contributed by atoms with E-state index in [1.165, 1.54) is 11.3 Å². The van der Waals surface area contributed by atoms with E-state index in [2.05, 4.69) is 4.98 Å². The van der Waals surface area contributed by atoms with Crippen LogP contribution in [0.3, 0.4) is 0 Å². The van der Waals surface area contributed by atoms with E-state index in [-0.39, 0.29) is 24.2 Å². The number of oxazole rings is 1. The maximum absolute atomic E-state index is 12.2. The Labute approximate surface area is 103 Å². The van der Waals surface area contributed by atoms with Gasteiger partial charge in [-0.2, -0.15) is 0 Å². The molecule has 1 aromatic rings. The zero-order chi connectivity index (χ0) is 13.3. The van der Waals surface area contributed by atoms with E-state index in [9.17, 15) is 9.59 Å². The fraction of sp³-hybridized carbons (Fsp3) is 0.545.